The van der Waals surface area contributed by atoms with Crippen molar-refractivity contribution in [2.45, 2.75) is 57.8 Å². The molecule has 0 saturated heterocycles. The van der Waals surface area contributed by atoms with E-state index >= 15 is 0 Å². The zero-order valence-electron chi connectivity index (χ0n) is 9.82. The number of amides is 1. The number of hydrogen-bond acceptors (Lipinski definition) is 2. The predicted octanol–water partition coefficient (Wildman–Crippen LogP) is 1.96. The second-order valence-electron chi connectivity index (χ2n) is 4.22. The minimum Gasteiger partial charge on any atom is -0.352 e. The summed E-state index contributed by atoms with van der Waals surface area (Å²) < 4.78 is 37.2. The van der Waals surface area contributed by atoms with Gasteiger partial charge in [0.15, 0.2) is 5.54 Å². The first-order valence-electron chi connectivity index (χ1n) is 5.29. The fourth-order valence-electron chi connectivity index (χ4n) is 1.08. The number of nitrogens with one attached hydrogen (secondary N) is 1. The third-order valence-electron chi connectivity index (χ3n) is 2.43. The topological polar surface area (TPSA) is 55.1 Å². The number of halogens is 3. The van der Waals surface area contributed by atoms with E-state index in [0.717, 1.165) is 12.8 Å². The van der Waals surface area contributed by atoms with Gasteiger partial charge in [-0.3, -0.25) is 4.79 Å². The van der Waals surface area contributed by atoms with E-state index in [-0.39, 0.29) is 6.04 Å². The summed E-state index contributed by atoms with van der Waals surface area (Å²) in [6, 6.07) is -0.294. The van der Waals surface area contributed by atoms with Crippen LogP contribution < -0.4 is 11.1 Å². The summed E-state index contributed by atoms with van der Waals surface area (Å²) in [5.41, 5.74) is 2.15. The molecule has 3 N–H and O–H groups in total. The maximum Gasteiger partial charge on any atom is 0.415 e. The van der Waals surface area contributed by atoms with E-state index < -0.39 is 17.6 Å². The van der Waals surface area contributed by atoms with E-state index in [2.05, 4.69) is 5.32 Å². The van der Waals surface area contributed by atoms with Gasteiger partial charge in [-0.2, -0.15) is 13.2 Å². The van der Waals surface area contributed by atoms with Crippen molar-refractivity contribution in [3.05, 3.63) is 0 Å². The van der Waals surface area contributed by atoms with Gasteiger partial charge in [0, 0.05) is 6.04 Å². The molecule has 0 bridgehead atoms. The fraction of sp³-hybridized carbons (Fsp3) is 0.900. The second-order valence-corrected chi connectivity index (χ2v) is 4.22. The smallest absolute Gasteiger partial charge is 0.352 e. The van der Waals surface area contributed by atoms with Gasteiger partial charge in [-0.05, 0) is 20.3 Å². The van der Waals surface area contributed by atoms with Crippen LogP contribution in [0.4, 0.5) is 13.2 Å². The summed E-state index contributed by atoms with van der Waals surface area (Å²) >= 11 is 0. The Kier molecular flexibility index (Phi) is 5.25. The number of carbonyl (C=O) groups excluding carboxylic acids is 1. The number of nitrogens with two attached hydrogens (primary N) is 1. The average Bonchev–Trinajstić information content (AvgIpc) is 2.12. The van der Waals surface area contributed by atoms with Gasteiger partial charge in [0.1, 0.15) is 0 Å². The molecule has 6 heteroatoms. The molecule has 2 unspecified atom stereocenters. The summed E-state index contributed by atoms with van der Waals surface area (Å²) in [4.78, 5) is 11.3. The summed E-state index contributed by atoms with van der Waals surface area (Å²) in [7, 11) is 0. The van der Waals surface area contributed by atoms with Crippen LogP contribution in [-0.2, 0) is 4.79 Å². The molecule has 0 spiro atoms. The molecule has 0 saturated carbocycles. The van der Waals surface area contributed by atoms with Crippen LogP contribution >= 0.6 is 0 Å². The first kappa shape index (κ1) is 15.2. The first-order chi connectivity index (χ1) is 7.13. The molecule has 0 heterocycles. The lowest BCUT2D eigenvalue weighted by atomic mass is 10.0. The number of alkyl halides is 3. The van der Waals surface area contributed by atoms with E-state index in [4.69, 9.17) is 5.73 Å². The van der Waals surface area contributed by atoms with Crippen LogP contribution in [0.25, 0.3) is 0 Å². The van der Waals surface area contributed by atoms with Gasteiger partial charge in [0.2, 0.25) is 5.91 Å². The number of hydrogen-bond donors (Lipinski definition) is 2. The molecule has 0 aromatic heterocycles. The van der Waals surface area contributed by atoms with E-state index in [9.17, 15) is 18.0 Å². The standard InChI is InChI=1S/C10H19F3N2O/c1-4-5-6-7(2)15-8(16)9(3,14)10(11,12)13/h7H,4-6,14H2,1-3H3,(H,15,16). The van der Waals surface area contributed by atoms with E-state index in [0.29, 0.717) is 13.3 Å². The van der Waals surface area contributed by atoms with Crippen LogP contribution in [0.5, 0.6) is 0 Å². The van der Waals surface area contributed by atoms with Crippen molar-refractivity contribution >= 4 is 5.91 Å². The molecule has 0 aliphatic heterocycles. The molecule has 0 aromatic carbocycles. The zero-order valence-corrected chi connectivity index (χ0v) is 9.82. The van der Waals surface area contributed by atoms with Gasteiger partial charge < -0.3 is 11.1 Å². The summed E-state index contributed by atoms with van der Waals surface area (Å²) in [6.07, 6.45) is -2.30. The van der Waals surface area contributed by atoms with Gasteiger partial charge in [-0.1, -0.05) is 19.8 Å². The second kappa shape index (κ2) is 5.52. The highest BCUT2D eigenvalue weighted by Gasteiger charge is 2.54. The lowest BCUT2D eigenvalue weighted by molar-refractivity contribution is -0.187. The number of carbonyl (C=O) groups is 1. The predicted molar refractivity (Wildman–Crippen MR) is 55.8 cm³/mol. The first-order valence-corrected chi connectivity index (χ1v) is 5.29. The average molecular weight is 240 g/mol. The van der Waals surface area contributed by atoms with Gasteiger partial charge in [0.05, 0.1) is 0 Å². The van der Waals surface area contributed by atoms with Crippen molar-refractivity contribution in [3.8, 4) is 0 Å². The third kappa shape index (κ3) is 4.00. The van der Waals surface area contributed by atoms with E-state index in [1.165, 1.54) is 0 Å². The Hall–Kier alpha value is -0.780. The molecule has 2 atom stereocenters. The van der Waals surface area contributed by atoms with Gasteiger partial charge in [-0.25, -0.2) is 0 Å². The summed E-state index contributed by atoms with van der Waals surface area (Å²) in [5.74, 6) is -1.18. The van der Waals surface area contributed by atoms with Crippen molar-refractivity contribution < 1.29 is 18.0 Å². The Labute approximate surface area is 93.6 Å². The van der Waals surface area contributed by atoms with Crippen molar-refractivity contribution in [3.63, 3.8) is 0 Å². The zero-order chi connectivity index (χ0) is 13.0. The molecular weight excluding hydrogens is 221 g/mol. The molecule has 0 radical (unpaired) electrons. The molecule has 1 amide bonds. The maximum atomic E-state index is 12.4. The lowest BCUT2D eigenvalue weighted by Crippen LogP contribution is -2.62. The van der Waals surface area contributed by atoms with Gasteiger partial charge in [-0.15, -0.1) is 0 Å². The molecule has 0 fully saturated rings. The molecule has 96 valence electrons. The van der Waals surface area contributed by atoms with Crippen LogP contribution in [-0.4, -0.2) is 23.7 Å². The number of unbranched alkanes of at least 4 members (excludes halogenated alkanes) is 1. The van der Waals surface area contributed by atoms with Crippen molar-refractivity contribution in [1.82, 2.24) is 5.32 Å². The fourth-order valence-corrected chi connectivity index (χ4v) is 1.08. The minimum absolute atomic E-state index is 0.294. The summed E-state index contributed by atoms with van der Waals surface area (Å²) in [5, 5.41) is 2.28. The SMILES string of the molecule is CCCCC(C)NC(=O)C(C)(N)C(F)(F)F. The Balaban J connectivity index is 4.35. The molecule has 0 aliphatic carbocycles. The highest BCUT2D eigenvalue weighted by molar-refractivity contribution is 5.86. The van der Waals surface area contributed by atoms with Crippen molar-refractivity contribution in [2.24, 2.45) is 5.73 Å². The Morgan fingerprint density at radius 2 is 1.94 bits per heavy atom. The van der Waals surface area contributed by atoms with Crippen LogP contribution in [0.1, 0.15) is 40.0 Å². The molecule has 16 heavy (non-hydrogen) atoms. The van der Waals surface area contributed by atoms with Gasteiger partial charge >= 0.3 is 6.18 Å². The highest BCUT2D eigenvalue weighted by Crippen LogP contribution is 2.28. The monoisotopic (exact) mass is 240 g/mol. The van der Waals surface area contributed by atoms with Crippen LogP contribution in [0, 0.1) is 0 Å². The Morgan fingerprint density at radius 1 is 1.44 bits per heavy atom. The van der Waals surface area contributed by atoms with E-state index in [1.54, 1.807) is 6.92 Å². The van der Waals surface area contributed by atoms with Crippen molar-refractivity contribution in [1.29, 1.82) is 0 Å². The highest BCUT2D eigenvalue weighted by atomic mass is 19.4. The normalized spacial score (nSPS) is 17.7. The number of rotatable bonds is 5. The Bertz CT molecular complexity index is 239. The van der Waals surface area contributed by atoms with Crippen LogP contribution in [0.15, 0.2) is 0 Å². The molecular formula is C10H19F3N2O. The lowest BCUT2D eigenvalue weighted by Gasteiger charge is -2.27. The van der Waals surface area contributed by atoms with Gasteiger partial charge in [0.25, 0.3) is 0 Å². The molecule has 3 nitrogen and oxygen atoms in total. The maximum absolute atomic E-state index is 12.4. The summed E-state index contributed by atoms with van der Waals surface area (Å²) in [6.45, 7) is 4.31. The quantitative estimate of drug-likeness (QED) is 0.771. The van der Waals surface area contributed by atoms with Crippen LogP contribution in [0.2, 0.25) is 0 Å². The minimum atomic E-state index is -4.73. The Morgan fingerprint density at radius 3 is 2.31 bits per heavy atom. The van der Waals surface area contributed by atoms with Crippen molar-refractivity contribution in [2.75, 3.05) is 0 Å². The van der Waals surface area contributed by atoms with Crippen LogP contribution in [0.3, 0.4) is 0 Å². The molecule has 0 rings (SSSR count). The molecule has 0 aliphatic rings. The third-order valence-corrected chi connectivity index (χ3v) is 2.43. The largest absolute Gasteiger partial charge is 0.415 e. The van der Waals surface area contributed by atoms with E-state index in [1.807, 2.05) is 6.92 Å². The molecule has 0 aromatic rings.